The summed E-state index contributed by atoms with van der Waals surface area (Å²) in [6.07, 6.45) is -16.5. The lowest BCUT2D eigenvalue weighted by Crippen LogP contribution is -2.60. The molecule has 0 aromatic heterocycles. The summed E-state index contributed by atoms with van der Waals surface area (Å²) < 4.78 is 119. The fraction of sp³-hybridized carbons (Fsp3) is 1.00. The SMILES string of the molecule is CC1C(C)C2CC1C(F)(F)C2(F)CCC(O)(C(F)(F)F)C(F)(F)F. The highest BCUT2D eigenvalue weighted by Gasteiger charge is 2.77. The molecule has 5 unspecified atom stereocenters. The molecule has 0 aliphatic heterocycles. The van der Waals surface area contributed by atoms with Gasteiger partial charge in [0.15, 0.2) is 5.67 Å². The van der Waals surface area contributed by atoms with Crippen LogP contribution in [0.15, 0.2) is 0 Å². The molecule has 2 saturated carbocycles. The number of alkyl halides is 9. The maximum absolute atomic E-state index is 14.9. The van der Waals surface area contributed by atoms with E-state index in [2.05, 4.69) is 0 Å². The molecule has 2 rings (SSSR count). The van der Waals surface area contributed by atoms with Gasteiger partial charge in [-0.2, -0.15) is 26.3 Å². The molecule has 0 radical (unpaired) electrons. The molecule has 142 valence electrons. The molecule has 2 aliphatic carbocycles. The highest BCUT2D eigenvalue weighted by Crippen LogP contribution is 2.67. The van der Waals surface area contributed by atoms with Crippen LogP contribution >= 0.6 is 0 Å². The van der Waals surface area contributed by atoms with Gasteiger partial charge in [-0.25, -0.2) is 13.2 Å². The lowest BCUT2D eigenvalue weighted by molar-refractivity contribution is -0.372. The van der Waals surface area contributed by atoms with Crippen molar-refractivity contribution in [1.29, 1.82) is 0 Å². The molecule has 2 fully saturated rings. The van der Waals surface area contributed by atoms with Crippen LogP contribution in [0, 0.1) is 23.7 Å². The van der Waals surface area contributed by atoms with E-state index < -0.39 is 66.1 Å². The smallest absolute Gasteiger partial charge is 0.374 e. The molecule has 2 bridgehead atoms. The van der Waals surface area contributed by atoms with Gasteiger partial charge in [-0.15, -0.1) is 0 Å². The molecule has 1 N–H and O–H groups in total. The first kappa shape index (κ1) is 19.7. The minimum Gasteiger partial charge on any atom is -0.374 e. The number of rotatable bonds is 3. The van der Waals surface area contributed by atoms with E-state index in [1.54, 1.807) is 0 Å². The third-order valence-corrected chi connectivity index (χ3v) is 6.00. The zero-order valence-corrected chi connectivity index (χ0v) is 12.8. The van der Waals surface area contributed by atoms with Gasteiger partial charge in [-0.3, -0.25) is 0 Å². The van der Waals surface area contributed by atoms with Gasteiger partial charge in [0.2, 0.25) is 0 Å². The van der Waals surface area contributed by atoms with Crippen LogP contribution in [0.25, 0.3) is 0 Å². The van der Waals surface area contributed by atoms with Gasteiger partial charge in [0.05, 0.1) is 0 Å². The van der Waals surface area contributed by atoms with E-state index in [4.69, 9.17) is 5.11 Å². The van der Waals surface area contributed by atoms with E-state index in [0.717, 1.165) is 0 Å². The van der Waals surface area contributed by atoms with Gasteiger partial charge in [-0.1, -0.05) is 13.8 Å². The molecule has 0 aromatic rings. The van der Waals surface area contributed by atoms with Gasteiger partial charge in [-0.05, 0) is 31.1 Å². The van der Waals surface area contributed by atoms with E-state index in [-0.39, 0.29) is 6.42 Å². The Labute approximate surface area is 132 Å². The summed E-state index contributed by atoms with van der Waals surface area (Å²) in [5.41, 5.74) is -8.71. The molecule has 0 amide bonds. The van der Waals surface area contributed by atoms with Gasteiger partial charge in [0.1, 0.15) is 0 Å². The molecule has 1 nitrogen and oxygen atoms in total. The fourth-order valence-electron chi connectivity index (χ4n) is 4.23. The predicted molar refractivity (Wildman–Crippen MR) is 65.0 cm³/mol. The van der Waals surface area contributed by atoms with Crippen LogP contribution < -0.4 is 0 Å². The summed E-state index contributed by atoms with van der Waals surface area (Å²) in [4.78, 5) is 0. The molecule has 5 atom stereocenters. The zero-order valence-electron chi connectivity index (χ0n) is 12.8. The molecule has 2 aliphatic rings. The van der Waals surface area contributed by atoms with E-state index in [0.29, 0.717) is 0 Å². The molecule has 0 heterocycles. The second-order valence-corrected chi connectivity index (χ2v) is 7.01. The Morgan fingerprint density at radius 3 is 1.67 bits per heavy atom. The zero-order chi connectivity index (χ0) is 18.9. The summed E-state index contributed by atoms with van der Waals surface area (Å²) in [6.45, 7) is 2.92. The summed E-state index contributed by atoms with van der Waals surface area (Å²) in [5, 5.41) is 9.06. The quantitative estimate of drug-likeness (QED) is 0.700. The van der Waals surface area contributed by atoms with Crippen molar-refractivity contribution in [2.45, 2.75) is 62.7 Å². The van der Waals surface area contributed by atoms with Crippen LogP contribution in [0.1, 0.15) is 33.1 Å². The van der Waals surface area contributed by atoms with Crippen molar-refractivity contribution in [3.8, 4) is 0 Å². The minimum atomic E-state index is -6.15. The van der Waals surface area contributed by atoms with E-state index in [1.165, 1.54) is 13.8 Å². The number of halogens is 9. The normalized spacial score (nSPS) is 39.5. The van der Waals surface area contributed by atoms with Gasteiger partial charge in [0.25, 0.3) is 11.5 Å². The van der Waals surface area contributed by atoms with Gasteiger partial charge >= 0.3 is 12.4 Å². The molecule has 0 aromatic carbocycles. The maximum atomic E-state index is 14.9. The lowest BCUT2D eigenvalue weighted by Gasteiger charge is -2.44. The van der Waals surface area contributed by atoms with Gasteiger partial charge < -0.3 is 5.11 Å². The molecular weight excluding hydrogens is 355 g/mol. The van der Waals surface area contributed by atoms with Crippen molar-refractivity contribution >= 4 is 0 Å². The first-order valence-electron chi connectivity index (χ1n) is 7.43. The topological polar surface area (TPSA) is 20.2 Å². The maximum Gasteiger partial charge on any atom is 0.426 e. The minimum absolute atomic E-state index is 0.289. The van der Waals surface area contributed by atoms with E-state index >= 15 is 0 Å². The highest BCUT2D eigenvalue weighted by atomic mass is 19.4. The number of hydrogen-bond donors (Lipinski definition) is 1. The average Bonchev–Trinajstić information content (AvgIpc) is 2.79. The van der Waals surface area contributed by atoms with Crippen molar-refractivity contribution in [2.75, 3.05) is 0 Å². The van der Waals surface area contributed by atoms with Crippen LogP contribution in [0.3, 0.4) is 0 Å². The second kappa shape index (κ2) is 5.17. The highest BCUT2D eigenvalue weighted by molar-refractivity contribution is 5.17. The van der Waals surface area contributed by atoms with Crippen molar-refractivity contribution in [2.24, 2.45) is 23.7 Å². The molecular formula is C14H17F9O. The van der Waals surface area contributed by atoms with Gasteiger partial charge in [0, 0.05) is 11.8 Å². The summed E-state index contributed by atoms with van der Waals surface area (Å²) >= 11 is 0. The van der Waals surface area contributed by atoms with Crippen LogP contribution in [0.2, 0.25) is 0 Å². The molecule has 0 spiro atoms. The van der Waals surface area contributed by atoms with Crippen molar-refractivity contribution in [1.82, 2.24) is 0 Å². The Bertz CT molecular complexity index is 483. The Kier molecular flexibility index (Phi) is 4.23. The van der Waals surface area contributed by atoms with E-state index in [9.17, 15) is 39.5 Å². The van der Waals surface area contributed by atoms with Crippen molar-refractivity contribution in [3.63, 3.8) is 0 Å². The number of hydrogen-bond acceptors (Lipinski definition) is 1. The average molecular weight is 372 g/mol. The monoisotopic (exact) mass is 372 g/mol. The van der Waals surface area contributed by atoms with Crippen LogP contribution in [-0.4, -0.2) is 34.7 Å². The summed E-state index contributed by atoms with van der Waals surface area (Å²) in [6, 6.07) is 0. The van der Waals surface area contributed by atoms with Crippen LogP contribution in [0.5, 0.6) is 0 Å². The van der Waals surface area contributed by atoms with E-state index in [1.807, 2.05) is 0 Å². The lowest BCUT2D eigenvalue weighted by atomic mass is 9.69. The molecule has 24 heavy (non-hydrogen) atoms. The molecule has 10 heteroatoms. The first-order valence-corrected chi connectivity index (χ1v) is 7.43. The Hall–Kier alpha value is -0.670. The Morgan fingerprint density at radius 2 is 1.29 bits per heavy atom. The number of aliphatic hydroxyl groups is 1. The predicted octanol–water partition coefficient (Wildman–Crippen LogP) is 4.89. The van der Waals surface area contributed by atoms with Crippen LogP contribution in [-0.2, 0) is 0 Å². The van der Waals surface area contributed by atoms with Crippen LogP contribution in [0.4, 0.5) is 39.5 Å². The summed E-state index contributed by atoms with van der Waals surface area (Å²) in [5.74, 6) is -7.96. The first-order chi connectivity index (χ1) is 10.5. The largest absolute Gasteiger partial charge is 0.426 e. The Balaban J connectivity index is 2.30. The standard InChI is InChI=1S/C14H17F9O/c1-6-7(2)9-5-8(6)10(15,12(9,16)17)3-4-11(24,13(18,19)20)14(21,22)23/h6-9,24H,3-5H2,1-2H3. The Morgan fingerprint density at radius 1 is 0.875 bits per heavy atom. The third-order valence-electron chi connectivity index (χ3n) is 6.00. The third kappa shape index (κ3) is 2.34. The van der Waals surface area contributed by atoms with Crippen molar-refractivity contribution < 1.29 is 44.6 Å². The second-order valence-electron chi connectivity index (χ2n) is 7.01. The fourth-order valence-corrected chi connectivity index (χ4v) is 4.23. The summed E-state index contributed by atoms with van der Waals surface area (Å²) in [7, 11) is 0. The van der Waals surface area contributed by atoms with Crippen molar-refractivity contribution in [3.05, 3.63) is 0 Å². The molecule has 0 saturated heterocycles. The number of fused-ring (bicyclic) bond motifs is 2.